The van der Waals surface area contributed by atoms with Gasteiger partial charge in [-0.15, -0.1) is 0 Å². The van der Waals surface area contributed by atoms with Crippen LogP contribution in [0.25, 0.3) is 0 Å². The number of aliphatic hydroxyl groups is 1. The molecule has 9 atom stereocenters. The summed E-state index contributed by atoms with van der Waals surface area (Å²) in [6.45, 7) is 12.6. The van der Waals surface area contributed by atoms with Crippen molar-refractivity contribution in [2.24, 2.45) is 52.3 Å². The quantitative estimate of drug-likeness (QED) is 0.493. The van der Waals surface area contributed by atoms with E-state index in [0.29, 0.717) is 16.7 Å². The van der Waals surface area contributed by atoms with E-state index in [2.05, 4.69) is 46.8 Å². The lowest BCUT2D eigenvalue weighted by Crippen LogP contribution is -2.52. The van der Waals surface area contributed by atoms with Crippen LogP contribution in [-0.2, 0) is 0 Å². The van der Waals surface area contributed by atoms with E-state index in [4.69, 9.17) is 0 Å². The van der Waals surface area contributed by atoms with Crippen LogP contribution in [0.4, 0.5) is 0 Å². The van der Waals surface area contributed by atoms with Crippen molar-refractivity contribution in [1.82, 2.24) is 0 Å². The van der Waals surface area contributed by atoms with Gasteiger partial charge in [-0.1, -0.05) is 66.0 Å². The first-order chi connectivity index (χ1) is 13.3. The van der Waals surface area contributed by atoms with Gasteiger partial charge in [-0.2, -0.15) is 0 Å². The van der Waals surface area contributed by atoms with Gasteiger partial charge in [0.1, 0.15) is 0 Å². The summed E-state index contributed by atoms with van der Waals surface area (Å²) in [6, 6.07) is 0. The van der Waals surface area contributed by atoms with Crippen molar-refractivity contribution >= 4 is 0 Å². The highest BCUT2D eigenvalue weighted by Gasteiger charge is 2.59. The Morgan fingerprint density at radius 3 is 2.36 bits per heavy atom. The molecule has 0 bridgehead atoms. The first-order valence-corrected chi connectivity index (χ1v) is 12.6. The molecule has 0 amide bonds. The highest BCUT2D eigenvalue weighted by atomic mass is 16.3. The molecule has 0 aromatic heterocycles. The first-order valence-electron chi connectivity index (χ1n) is 12.6. The minimum Gasteiger partial charge on any atom is -0.393 e. The fourth-order valence-electron chi connectivity index (χ4n) is 8.62. The zero-order chi connectivity index (χ0) is 20.1. The summed E-state index contributed by atoms with van der Waals surface area (Å²) in [5.41, 5.74) is 1.01. The summed E-state index contributed by atoms with van der Waals surface area (Å²) in [7, 11) is 0. The van der Waals surface area contributed by atoms with E-state index in [1.807, 2.05) is 0 Å². The van der Waals surface area contributed by atoms with Crippen molar-refractivity contribution in [2.45, 2.75) is 105 Å². The third kappa shape index (κ3) is 3.42. The van der Waals surface area contributed by atoms with E-state index in [9.17, 15) is 5.11 Å². The second-order valence-corrected chi connectivity index (χ2v) is 12.2. The van der Waals surface area contributed by atoms with Crippen molar-refractivity contribution in [3.05, 3.63) is 12.2 Å². The monoisotopic (exact) mass is 386 g/mol. The number of fused-ring (bicyclic) bond motifs is 5. The van der Waals surface area contributed by atoms with E-state index in [1.165, 1.54) is 51.4 Å². The van der Waals surface area contributed by atoms with Crippen LogP contribution in [0.2, 0.25) is 0 Å². The van der Waals surface area contributed by atoms with Gasteiger partial charge in [0.05, 0.1) is 6.10 Å². The van der Waals surface area contributed by atoms with Gasteiger partial charge in [0.25, 0.3) is 0 Å². The SMILES string of the molecule is CC(C)CCC[C@@H](C)[C@H]1CC[C@H]2[C@@H]3C=C[C@H]4CC(O)CC[C@]4(C)[C@H]3CC[C@]12C. The molecular formula is C27H46O. The highest BCUT2D eigenvalue weighted by molar-refractivity contribution is 5.18. The maximum atomic E-state index is 10.2. The van der Waals surface area contributed by atoms with Crippen LogP contribution < -0.4 is 0 Å². The smallest absolute Gasteiger partial charge is 0.0546 e. The standard InChI is InChI=1S/C27H46O/c1-18(2)7-6-8-19(3)23-11-12-24-22-10-9-20-17-21(28)13-15-26(20,4)25(22)14-16-27(23,24)5/h9-10,18-25,28H,6-8,11-17H2,1-5H3/t19-,20+,21?,22+,23-,24+,25+,26+,27-/m1/s1. The van der Waals surface area contributed by atoms with E-state index in [1.54, 1.807) is 0 Å². The van der Waals surface area contributed by atoms with Gasteiger partial charge in [-0.05, 0) is 97.2 Å². The van der Waals surface area contributed by atoms with Crippen molar-refractivity contribution in [1.29, 1.82) is 0 Å². The van der Waals surface area contributed by atoms with Crippen LogP contribution in [0.5, 0.6) is 0 Å². The van der Waals surface area contributed by atoms with Crippen LogP contribution in [0.3, 0.4) is 0 Å². The number of hydrogen-bond donors (Lipinski definition) is 1. The Kier molecular flexibility index (Phi) is 5.80. The number of aliphatic hydroxyl groups excluding tert-OH is 1. The average Bonchev–Trinajstić information content (AvgIpc) is 2.99. The van der Waals surface area contributed by atoms with Crippen molar-refractivity contribution < 1.29 is 5.11 Å². The Morgan fingerprint density at radius 2 is 1.61 bits per heavy atom. The second kappa shape index (κ2) is 7.75. The van der Waals surface area contributed by atoms with Crippen LogP contribution in [-0.4, -0.2) is 11.2 Å². The van der Waals surface area contributed by atoms with Crippen molar-refractivity contribution in [3.63, 3.8) is 0 Å². The predicted octanol–water partition coefficient (Wildman–Crippen LogP) is 7.24. The van der Waals surface area contributed by atoms with Crippen LogP contribution in [0.1, 0.15) is 98.8 Å². The van der Waals surface area contributed by atoms with Crippen LogP contribution in [0, 0.1) is 52.3 Å². The molecule has 1 N–H and O–H groups in total. The van der Waals surface area contributed by atoms with Gasteiger partial charge in [0, 0.05) is 0 Å². The van der Waals surface area contributed by atoms with E-state index in [-0.39, 0.29) is 6.10 Å². The Balaban J connectivity index is 1.49. The van der Waals surface area contributed by atoms with Crippen molar-refractivity contribution in [3.8, 4) is 0 Å². The van der Waals surface area contributed by atoms with Gasteiger partial charge in [-0.3, -0.25) is 0 Å². The minimum absolute atomic E-state index is 0.0596. The summed E-state index contributed by atoms with van der Waals surface area (Å²) in [4.78, 5) is 0. The van der Waals surface area contributed by atoms with Gasteiger partial charge in [0.2, 0.25) is 0 Å². The molecule has 3 saturated carbocycles. The third-order valence-corrected chi connectivity index (χ3v) is 10.3. The summed E-state index contributed by atoms with van der Waals surface area (Å²) in [5, 5.41) is 10.2. The fourth-order valence-corrected chi connectivity index (χ4v) is 8.62. The molecule has 0 saturated heterocycles. The van der Waals surface area contributed by atoms with Gasteiger partial charge >= 0.3 is 0 Å². The molecular weight excluding hydrogens is 340 g/mol. The Bertz CT molecular complexity index is 579. The zero-order valence-corrected chi connectivity index (χ0v) is 19.3. The Labute approximate surface area is 174 Å². The number of rotatable bonds is 5. The molecule has 28 heavy (non-hydrogen) atoms. The molecule has 4 aliphatic carbocycles. The van der Waals surface area contributed by atoms with Gasteiger partial charge in [0.15, 0.2) is 0 Å². The molecule has 1 heteroatoms. The van der Waals surface area contributed by atoms with Crippen LogP contribution >= 0.6 is 0 Å². The van der Waals surface area contributed by atoms with Crippen LogP contribution in [0.15, 0.2) is 12.2 Å². The first kappa shape index (κ1) is 21.0. The highest BCUT2D eigenvalue weighted by Crippen LogP contribution is 2.67. The van der Waals surface area contributed by atoms with Crippen molar-refractivity contribution in [2.75, 3.05) is 0 Å². The fraction of sp³-hybridized carbons (Fsp3) is 0.926. The summed E-state index contributed by atoms with van der Waals surface area (Å²) >= 11 is 0. The molecule has 4 rings (SSSR count). The predicted molar refractivity (Wildman–Crippen MR) is 119 cm³/mol. The lowest BCUT2D eigenvalue weighted by atomic mass is 9.46. The molecule has 1 nitrogen and oxygen atoms in total. The molecule has 1 unspecified atom stereocenters. The second-order valence-electron chi connectivity index (χ2n) is 12.2. The third-order valence-electron chi connectivity index (χ3n) is 10.3. The minimum atomic E-state index is -0.0596. The number of hydrogen-bond acceptors (Lipinski definition) is 1. The topological polar surface area (TPSA) is 20.2 Å². The Morgan fingerprint density at radius 1 is 0.893 bits per heavy atom. The largest absolute Gasteiger partial charge is 0.393 e. The maximum Gasteiger partial charge on any atom is 0.0546 e. The molecule has 0 heterocycles. The molecule has 0 aliphatic heterocycles. The molecule has 4 aliphatic rings. The van der Waals surface area contributed by atoms with E-state index in [0.717, 1.165) is 48.3 Å². The van der Waals surface area contributed by atoms with Gasteiger partial charge < -0.3 is 5.11 Å². The summed E-state index contributed by atoms with van der Waals surface area (Å²) in [6.07, 6.45) is 18.5. The lowest BCUT2D eigenvalue weighted by molar-refractivity contribution is -0.0813. The van der Waals surface area contributed by atoms with E-state index >= 15 is 0 Å². The normalized spacial score (nSPS) is 48.8. The molecule has 0 aromatic carbocycles. The number of allylic oxidation sites excluding steroid dienone is 2. The molecule has 160 valence electrons. The average molecular weight is 387 g/mol. The summed E-state index contributed by atoms with van der Waals surface area (Å²) < 4.78 is 0. The molecule has 0 radical (unpaired) electrons. The molecule has 0 aromatic rings. The Hall–Kier alpha value is -0.300. The zero-order valence-electron chi connectivity index (χ0n) is 19.3. The molecule has 0 spiro atoms. The lowest BCUT2D eigenvalue weighted by Gasteiger charge is -2.59. The maximum absolute atomic E-state index is 10.2. The molecule has 3 fully saturated rings. The summed E-state index contributed by atoms with van der Waals surface area (Å²) in [5.74, 6) is 5.89. The van der Waals surface area contributed by atoms with E-state index < -0.39 is 0 Å². The van der Waals surface area contributed by atoms with Gasteiger partial charge in [-0.25, -0.2) is 0 Å².